The molecule has 1 N–H and O–H groups in total. The van der Waals surface area contributed by atoms with Crippen molar-refractivity contribution in [3.05, 3.63) is 0 Å². The first-order chi connectivity index (χ1) is 6.27. The number of hydrogen-bond acceptors (Lipinski definition) is 2. The minimum atomic E-state index is 0.284. The molecule has 1 heterocycles. The van der Waals surface area contributed by atoms with E-state index in [2.05, 4.69) is 17.3 Å². The van der Waals surface area contributed by atoms with E-state index in [1.165, 1.54) is 19.4 Å². The summed E-state index contributed by atoms with van der Waals surface area (Å²) in [6.45, 7) is 2.04. The summed E-state index contributed by atoms with van der Waals surface area (Å²) in [5.41, 5.74) is 0. The molecule has 0 aromatic rings. The molecule has 3 nitrogen and oxygen atoms in total. The fourth-order valence-corrected chi connectivity index (χ4v) is 1.86. The molecule has 1 amide bonds. The van der Waals surface area contributed by atoms with Crippen LogP contribution in [0.5, 0.6) is 0 Å². The smallest absolute Gasteiger partial charge is 0.223 e. The van der Waals surface area contributed by atoms with Crippen LogP contribution in [0, 0.1) is 5.92 Å². The Kier molecular flexibility index (Phi) is 2.54. The second-order valence-corrected chi connectivity index (χ2v) is 4.30. The maximum atomic E-state index is 11.4. The fraction of sp³-hybridized carbons (Fsp3) is 0.900. The molecule has 1 saturated heterocycles. The van der Waals surface area contributed by atoms with E-state index in [9.17, 15) is 4.79 Å². The van der Waals surface area contributed by atoms with Gasteiger partial charge < -0.3 is 10.2 Å². The van der Waals surface area contributed by atoms with Crippen LogP contribution in [0.1, 0.15) is 25.7 Å². The van der Waals surface area contributed by atoms with E-state index < -0.39 is 0 Å². The molecule has 1 unspecified atom stereocenters. The zero-order chi connectivity index (χ0) is 9.26. The Balaban J connectivity index is 1.64. The molecule has 3 heteroatoms. The van der Waals surface area contributed by atoms with Gasteiger partial charge in [-0.25, -0.2) is 0 Å². The monoisotopic (exact) mass is 182 g/mol. The van der Waals surface area contributed by atoms with Crippen LogP contribution < -0.4 is 5.32 Å². The highest BCUT2D eigenvalue weighted by atomic mass is 16.1. The molecule has 0 aromatic carbocycles. The summed E-state index contributed by atoms with van der Waals surface area (Å²) in [6.07, 6.45) is 4.68. The molecule has 13 heavy (non-hydrogen) atoms. The Hall–Kier alpha value is -0.570. The highest BCUT2D eigenvalue weighted by Gasteiger charge is 2.28. The van der Waals surface area contributed by atoms with E-state index in [1.807, 2.05) is 0 Å². The van der Waals surface area contributed by atoms with E-state index in [0.717, 1.165) is 19.4 Å². The number of nitrogens with zero attached hydrogens (tertiary/aromatic N) is 1. The van der Waals surface area contributed by atoms with Crippen LogP contribution in [0.15, 0.2) is 0 Å². The molecular weight excluding hydrogens is 164 g/mol. The summed E-state index contributed by atoms with van der Waals surface area (Å²) in [5, 5.41) is 3.04. The molecule has 2 fully saturated rings. The van der Waals surface area contributed by atoms with Gasteiger partial charge >= 0.3 is 0 Å². The van der Waals surface area contributed by atoms with Crippen LogP contribution in [-0.4, -0.2) is 37.0 Å². The third-order valence-corrected chi connectivity index (χ3v) is 3.43. The molecule has 1 atom stereocenters. The van der Waals surface area contributed by atoms with Gasteiger partial charge in [-0.2, -0.15) is 0 Å². The lowest BCUT2D eigenvalue weighted by Crippen LogP contribution is -2.52. The first kappa shape index (κ1) is 9.00. The van der Waals surface area contributed by atoms with Crippen molar-refractivity contribution >= 4 is 5.91 Å². The molecule has 0 radical (unpaired) electrons. The minimum Gasteiger partial charge on any atom is -0.354 e. The summed E-state index contributed by atoms with van der Waals surface area (Å²) in [4.78, 5) is 13.7. The van der Waals surface area contributed by atoms with E-state index in [0.29, 0.717) is 12.0 Å². The fourth-order valence-electron chi connectivity index (χ4n) is 1.86. The van der Waals surface area contributed by atoms with Crippen molar-refractivity contribution in [2.45, 2.75) is 31.7 Å². The number of carbonyl (C=O) groups excluding carboxylic acids is 1. The van der Waals surface area contributed by atoms with Crippen LogP contribution in [0.4, 0.5) is 0 Å². The maximum absolute atomic E-state index is 11.4. The first-order valence-corrected chi connectivity index (χ1v) is 5.25. The Labute approximate surface area is 79.5 Å². The normalized spacial score (nSPS) is 29.2. The number of likely N-dealkylation sites (N-methyl/N-ethyl adjacent to an activating group) is 1. The van der Waals surface area contributed by atoms with E-state index in [4.69, 9.17) is 0 Å². The molecule has 2 aliphatic rings. The average molecular weight is 182 g/mol. The van der Waals surface area contributed by atoms with Gasteiger partial charge in [0.1, 0.15) is 0 Å². The van der Waals surface area contributed by atoms with Gasteiger partial charge in [-0.15, -0.1) is 0 Å². The minimum absolute atomic E-state index is 0.284. The first-order valence-electron chi connectivity index (χ1n) is 5.25. The molecule has 1 aliphatic carbocycles. The van der Waals surface area contributed by atoms with Crippen molar-refractivity contribution in [2.24, 2.45) is 5.92 Å². The predicted molar refractivity (Wildman–Crippen MR) is 51.4 cm³/mol. The topological polar surface area (TPSA) is 32.3 Å². The molecule has 0 aromatic heterocycles. The second kappa shape index (κ2) is 3.66. The third-order valence-electron chi connectivity index (χ3n) is 3.43. The lowest BCUT2D eigenvalue weighted by molar-refractivity contribution is -0.127. The van der Waals surface area contributed by atoms with Crippen LogP contribution in [0.25, 0.3) is 0 Å². The quantitative estimate of drug-likeness (QED) is 0.693. The van der Waals surface area contributed by atoms with Gasteiger partial charge in [0.05, 0.1) is 0 Å². The number of amides is 1. The van der Waals surface area contributed by atoms with Crippen LogP contribution in [-0.2, 0) is 4.79 Å². The molecule has 2 rings (SSSR count). The van der Waals surface area contributed by atoms with Crippen LogP contribution in [0.2, 0.25) is 0 Å². The number of likely N-dealkylation sites (tertiary alicyclic amines) is 1. The van der Waals surface area contributed by atoms with Gasteiger partial charge in [0, 0.05) is 18.5 Å². The SMILES string of the molecule is CN1CCC1CNC(=O)C1CCC1. The van der Waals surface area contributed by atoms with E-state index in [1.54, 1.807) is 0 Å². The zero-order valence-corrected chi connectivity index (χ0v) is 8.25. The Bertz CT molecular complexity index is 201. The Morgan fingerprint density at radius 2 is 2.23 bits per heavy atom. The van der Waals surface area contributed by atoms with Crippen molar-refractivity contribution in [3.8, 4) is 0 Å². The van der Waals surface area contributed by atoms with Gasteiger partial charge in [0.2, 0.25) is 5.91 Å². The number of nitrogens with one attached hydrogen (secondary N) is 1. The lowest BCUT2D eigenvalue weighted by Gasteiger charge is -2.38. The van der Waals surface area contributed by atoms with E-state index >= 15 is 0 Å². The number of rotatable bonds is 3. The lowest BCUT2D eigenvalue weighted by atomic mass is 9.85. The Morgan fingerprint density at radius 3 is 2.62 bits per heavy atom. The largest absolute Gasteiger partial charge is 0.354 e. The zero-order valence-electron chi connectivity index (χ0n) is 8.25. The van der Waals surface area contributed by atoms with Crippen molar-refractivity contribution in [1.82, 2.24) is 10.2 Å². The molecule has 0 spiro atoms. The van der Waals surface area contributed by atoms with E-state index in [-0.39, 0.29) is 5.91 Å². The van der Waals surface area contributed by atoms with Gasteiger partial charge in [-0.05, 0) is 32.9 Å². The summed E-state index contributed by atoms with van der Waals surface area (Å²) in [6, 6.07) is 0.601. The molecule has 0 bridgehead atoms. The third kappa shape index (κ3) is 1.85. The molecule has 1 aliphatic heterocycles. The molecule has 74 valence electrons. The van der Waals surface area contributed by atoms with Crippen LogP contribution >= 0.6 is 0 Å². The van der Waals surface area contributed by atoms with Crippen molar-refractivity contribution in [2.75, 3.05) is 20.1 Å². The highest BCUT2D eigenvalue weighted by Crippen LogP contribution is 2.26. The predicted octanol–water partition coefficient (Wildman–Crippen LogP) is 0.607. The number of hydrogen-bond donors (Lipinski definition) is 1. The summed E-state index contributed by atoms with van der Waals surface area (Å²) >= 11 is 0. The van der Waals surface area contributed by atoms with Gasteiger partial charge in [0.25, 0.3) is 0 Å². The summed E-state index contributed by atoms with van der Waals surface area (Å²) in [5.74, 6) is 0.622. The summed E-state index contributed by atoms with van der Waals surface area (Å²) < 4.78 is 0. The van der Waals surface area contributed by atoms with Gasteiger partial charge in [-0.3, -0.25) is 4.79 Å². The van der Waals surface area contributed by atoms with Crippen molar-refractivity contribution < 1.29 is 4.79 Å². The standard InChI is InChI=1S/C10H18N2O/c1-12-6-5-9(12)7-11-10(13)8-3-2-4-8/h8-9H,2-7H2,1H3,(H,11,13). The molecular formula is C10H18N2O. The number of carbonyl (C=O) groups is 1. The van der Waals surface area contributed by atoms with Gasteiger partial charge in [0.15, 0.2) is 0 Å². The van der Waals surface area contributed by atoms with Gasteiger partial charge in [-0.1, -0.05) is 6.42 Å². The van der Waals surface area contributed by atoms with Crippen molar-refractivity contribution in [1.29, 1.82) is 0 Å². The average Bonchev–Trinajstić information content (AvgIpc) is 1.99. The molecule has 1 saturated carbocycles. The second-order valence-electron chi connectivity index (χ2n) is 4.30. The van der Waals surface area contributed by atoms with Crippen molar-refractivity contribution in [3.63, 3.8) is 0 Å². The maximum Gasteiger partial charge on any atom is 0.223 e. The van der Waals surface area contributed by atoms with Crippen LogP contribution in [0.3, 0.4) is 0 Å². The summed E-state index contributed by atoms with van der Waals surface area (Å²) in [7, 11) is 2.11. The Morgan fingerprint density at radius 1 is 1.46 bits per heavy atom. The highest BCUT2D eigenvalue weighted by molar-refractivity contribution is 5.79.